The largest absolute Gasteiger partial charge is 0.453 e. The lowest BCUT2D eigenvalue weighted by Gasteiger charge is -2.30. The highest BCUT2D eigenvalue weighted by Gasteiger charge is 2.27. The summed E-state index contributed by atoms with van der Waals surface area (Å²) >= 11 is 0. The van der Waals surface area contributed by atoms with Crippen LogP contribution in [0.3, 0.4) is 0 Å². The Hall–Kier alpha value is -3.33. The Labute approximate surface area is 198 Å². The van der Waals surface area contributed by atoms with Gasteiger partial charge in [-0.2, -0.15) is 0 Å². The third-order valence-electron chi connectivity index (χ3n) is 5.59. The van der Waals surface area contributed by atoms with Crippen LogP contribution in [0.2, 0.25) is 0 Å². The second-order valence-electron chi connectivity index (χ2n) is 8.36. The minimum absolute atomic E-state index is 0.690. The molecule has 33 heavy (non-hydrogen) atoms. The summed E-state index contributed by atoms with van der Waals surface area (Å²) in [5.41, 5.74) is 4.16. The highest BCUT2D eigenvalue weighted by molar-refractivity contribution is 5.84. The number of benzene rings is 3. The number of nitrogens with zero attached hydrogens (tertiary/aromatic N) is 1. The quantitative estimate of drug-likeness (QED) is 0.269. The van der Waals surface area contributed by atoms with E-state index in [1.54, 1.807) is 0 Å². The number of pyridine rings is 1. The molecule has 3 aromatic carbocycles. The van der Waals surface area contributed by atoms with Crippen LogP contribution in [0.4, 0.5) is 0 Å². The number of ether oxygens (including phenoxy) is 2. The average Bonchev–Trinajstić information content (AvgIpc) is 2.85. The molecule has 0 spiro atoms. The molecular weight excluding hydrogens is 406 g/mol. The summed E-state index contributed by atoms with van der Waals surface area (Å²) in [5.74, 6) is 0.711. The third-order valence-corrected chi connectivity index (χ3v) is 5.59. The van der Waals surface area contributed by atoms with Crippen LogP contribution in [0.5, 0.6) is 11.5 Å². The van der Waals surface area contributed by atoms with Crippen LogP contribution in [0.1, 0.15) is 52.7 Å². The van der Waals surface area contributed by atoms with Crippen LogP contribution in [0, 0.1) is 6.92 Å². The standard InChI is InChI=1S/C26H25NO2.C4H10/c1-4-26(3,29-24-12-8-11-22-14-13-19(2)27-25(22)24)28-23-17-15-21(16-18-23)20-9-6-5-7-10-20;1-3-4-2/h5-18H,4H2,1-3H3;3-4H2,1-2H3. The normalized spacial score (nSPS) is 12.4. The van der Waals surface area contributed by atoms with Gasteiger partial charge in [0.05, 0.1) is 0 Å². The molecule has 4 rings (SSSR count). The van der Waals surface area contributed by atoms with E-state index in [-0.39, 0.29) is 0 Å². The number of para-hydroxylation sites is 1. The van der Waals surface area contributed by atoms with Gasteiger partial charge in [0.15, 0.2) is 5.75 Å². The highest BCUT2D eigenvalue weighted by Crippen LogP contribution is 2.31. The Morgan fingerprint density at radius 1 is 0.697 bits per heavy atom. The van der Waals surface area contributed by atoms with Crippen molar-refractivity contribution in [2.75, 3.05) is 0 Å². The Bertz CT molecular complexity index is 1140. The van der Waals surface area contributed by atoms with Crippen molar-refractivity contribution in [3.05, 3.63) is 90.6 Å². The highest BCUT2D eigenvalue weighted by atomic mass is 16.7. The van der Waals surface area contributed by atoms with Gasteiger partial charge in [-0.3, -0.25) is 0 Å². The van der Waals surface area contributed by atoms with Gasteiger partial charge in [0.25, 0.3) is 0 Å². The number of rotatable bonds is 7. The zero-order chi connectivity index (χ0) is 23.7. The van der Waals surface area contributed by atoms with Gasteiger partial charge in [-0.25, -0.2) is 4.98 Å². The van der Waals surface area contributed by atoms with Crippen molar-refractivity contribution in [2.24, 2.45) is 0 Å². The van der Waals surface area contributed by atoms with E-state index in [9.17, 15) is 0 Å². The van der Waals surface area contributed by atoms with Gasteiger partial charge >= 0.3 is 0 Å². The zero-order valence-electron chi connectivity index (χ0n) is 20.5. The molecule has 0 bridgehead atoms. The molecule has 0 aliphatic heterocycles. The molecule has 3 heteroatoms. The molecule has 4 aromatic rings. The van der Waals surface area contributed by atoms with Crippen molar-refractivity contribution >= 4 is 10.9 Å². The molecule has 3 nitrogen and oxygen atoms in total. The molecule has 0 N–H and O–H groups in total. The van der Waals surface area contributed by atoms with Crippen LogP contribution in [0.25, 0.3) is 22.0 Å². The van der Waals surface area contributed by atoms with E-state index >= 15 is 0 Å². The van der Waals surface area contributed by atoms with Gasteiger partial charge in [0.1, 0.15) is 11.3 Å². The van der Waals surface area contributed by atoms with Crippen LogP contribution in [-0.4, -0.2) is 10.8 Å². The number of aromatic nitrogens is 1. The summed E-state index contributed by atoms with van der Waals surface area (Å²) in [6.07, 6.45) is 3.33. The molecular formula is C30H35NO2. The molecule has 0 aliphatic rings. The fourth-order valence-electron chi connectivity index (χ4n) is 3.29. The molecule has 0 saturated carbocycles. The number of unbranched alkanes of at least 4 members (excludes halogenated alkanes) is 1. The van der Waals surface area contributed by atoms with E-state index in [1.807, 2.05) is 68.4 Å². The van der Waals surface area contributed by atoms with Gasteiger partial charge < -0.3 is 9.47 Å². The predicted molar refractivity (Wildman–Crippen MR) is 139 cm³/mol. The van der Waals surface area contributed by atoms with Crippen molar-refractivity contribution in [3.8, 4) is 22.6 Å². The van der Waals surface area contributed by atoms with Crippen molar-refractivity contribution in [1.29, 1.82) is 0 Å². The number of fused-ring (bicyclic) bond motifs is 1. The van der Waals surface area contributed by atoms with Gasteiger partial charge in [0, 0.05) is 24.4 Å². The van der Waals surface area contributed by atoms with Gasteiger partial charge in [0.2, 0.25) is 5.79 Å². The first kappa shape index (κ1) is 24.3. The van der Waals surface area contributed by atoms with Gasteiger partial charge in [-0.05, 0) is 42.3 Å². The van der Waals surface area contributed by atoms with Gasteiger partial charge in [-0.1, -0.05) is 94.3 Å². The maximum atomic E-state index is 6.35. The fraction of sp³-hybridized carbons (Fsp3) is 0.300. The fourth-order valence-corrected chi connectivity index (χ4v) is 3.29. The first-order valence-corrected chi connectivity index (χ1v) is 11.9. The number of aryl methyl sites for hydroxylation is 1. The number of hydrogen-bond acceptors (Lipinski definition) is 3. The van der Waals surface area contributed by atoms with Crippen molar-refractivity contribution in [1.82, 2.24) is 4.98 Å². The number of hydrogen-bond donors (Lipinski definition) is 0. The summed E-state index contributed by atoms with van der Waals surface area (Å²) in [4.78, 5) is 4.67. The lowest BCUT2D eigenvalue weighted by Crippen LogP contribution is -2.38. The molecule has 0 amide bonds. The van der Waals surface area contributed by atoms with Crippen molar-refractivity contribution in [3.63, 3.8) is 0 Å². The monoisotopic (exact) mass is 441 g/mol. The lowest BCUT2D eigenvalue weighted by molar-refractivity contribution is -0.0990. The Morgan fingerprint density at radius 3 is 2.00 bits per heavy atom. The molecule has 0 saturated heterocycles. The second kappa shape index (κ2) is 11.5. The van der Waals surface area contributed by atoms with E-state index in [4.69, 9.17) is 9.47 Å². The minimum atomic E-state index is -0.798. The molecule has 0 fully saturated rings. The summed E-state index contributed by atoms with van der Waals surface area (Å²) in [7, 11) is 0. The summed E-state index contributed by atoms with van der Waals surface area (Å²) in [6.45, 7) is 10.4. The molecule has 1 atom stereocenters. The first-order valence-electron chi connectivity index (χ1n) is 11.9. The topological polar surface area (TPSA) is 31.4 Å². The van der Waals surface area contributed by atoms with Crippen LogP contribution in [0.15, 0.2) is 84.9 Å². The maximum Gasteiger partial charge on any atom is 0.248 e. The predicted octanol–water partition coefficient (Wildman–Crippen LogP) is 8.60. The van der Waals surface area contributed by atoms with E-state index < -0.39 is 5.79 Å². The lowest BCUT2D eigenvalue weighted by atomic mass is 10.1. The van der Waals surface area contributed by atoms with E-state index in [2.05, 4.69) is 56.1 Å². The minimum Gasteiger partial charge on any atom is -0.453 e. The molecule has 0 radical (unpaired) electrons. The SMILES string of the molecule is CCC(C)(Oc1ccc(-c2ccccc2)cc1)Oc1cccc2ccc(C)nc12.CCCC. The smallest absolute Gasteiger partial charge is 0.248 e. The molecule has 1 heterocycles. The summed E-state index contributed by atoms with van der Waals surface area (Å²) in [6, 6.07) is 28.5. The first-order chi connectivity index (χ1) is 16.0. The average molecular weight is 442 g/mol. The van der Waals surface area contributed by atoms with Crippen molar-refractivity contribution in [2.45, 2.75) is 59.7 Å². The van der Waals surface area contributed by atoms with Crippen LogP contribution in [-0.2, 0) is 0 Å². The summed E-state index contributed by atoms with van der Waals surface area (Å²) in [5, 5.41) is 1.05. The molecule has 1 unspecified atom stereocenters. The molecule has 0 aliphatic carbocycles. The maximum absolute atomic E-state index is 6.35. The van der Waals surface area contributed by atoms with Crippen molar-refractivity contribution < 1.29 is 9.47 Å². The zero-order valence-corrected chi connectivity index (χ0v) is 20.5. The third kappa shape index (κ3) is 6.58. The van der Waals surface area contributed by atoms with Crippen LogP contribution < -0.4 is 9.47 Å². The van der Waals surface area contributed by atoms with Gasteiger partial charge in [-0.15, -0.1) is 0 Å². The molecule has 172 valence electrons. The molecule has 1 aromatic heterocycles. The van der Waals surface area contributed by atoms with E-state index in [0.717, 1.165) is 33.7 Å². The van der Waals surface area contributed by atoms with Crippen LogP contribution >= 0.6 is 0 Å². The Morgan fingerprint density at radius 2 is 1.36 bits per heavy atom. The Balaban J connectivity index is 0.000000709. The van der Waals surface area contributed by atoms with E-state index in [1.165, 1.54) is 18.4 Å². The van der Waals surface area contributed by atoms with E-state index in [0.29, 0.717) is 6.42 Å². The second-order valence-corrected chi connectivity index (χ2v) is 8.36. The Kier molecular flexibility index (Phi) is 8.48. The summed E-state index contributed by atoms with van der Waals surface area (Å²) < 4.78 is 12.6.